The fourth-order valence-corrected chi connectivity index (χ4v) is 2.18. The minimum Gasteiger partial charge on any atom is -0.464 e. The molecule has 1 N–H and O–H groups in total. The summed E-state index contributed by atoms with van der Waals surface area (Å²) in [5.41, 5.74) is 1.36. The van der Waals surface area contributed by atoms with Crippen LogP contribution in [0.25, 0.3) is 11.0 Å². The Balaban J connectivity index is 2.65. The van der Waals surface area contributed by atoms with E-state index < -0.39 is 12.1 Å². The number of esters is 1. The first-order valence-corrected chi connectivity index (χ1v) is 5.98. The molecule has 0 amide bonds. The maximum atomic E-state index is 11.9. The number of benzene rings is 1. The third-order valence-electron chi connectivity index (χ3n) is 3.12. The number of imidazole rings is 1. The van der Waals surface area contributed by atoms with Crippen LogP contribution in [0.15, 0.2) is 23.0 Å². The predicted octanol–water partition coefficient (Wildman–Crippen LogP) is 0.473. The first-order chi connectivity index (χ1) is 8.99. The van der Waals surface area contributed by atoms with Crippen molar-refractivity contribution in [2.24, 2.45) is 14.1 Å². The van der Waals surface area contributed by atoms with E-state index in [1.807, 2.05) is 0 Å². The van der Waals surface area contributed by atoms with Crippen molar-refractivity contribution < 1.29 is 14.6 Å². The number of aryl methyl sites for hydroxylation is 2. The second kappa shape index (κ2) is 4.89. The van der Waals surface area contributed by atoms with Crippen molar-refractivity contribution in [3.8, 4) is 0 Å². The van der Waals surface area contributed by atoms with Crippen LogP contribution in [0.5, 0.6) is 0 Å². The largest absolute Gasteiger partial charge is 0.464 e. The van der Waals surface area contributed by atoms with Crippen molar-refractivity contribution >= 4 is 17.0 Å². The van der Waals surface area contributed by atoms with Crippen LogP contribution in [-0.4, -0.2) is 26.8 Å². The molecule has 0 fully saturated rings. The molecule has 0 spiro atoms. The molecule has 0 aliphatic carbocycles. The summed E-state index contributed by atoms with van der Waals surface area (Å²) in [6.07, 6.45) is -1.39. The van der Waals surface area contributed by atoms with Gasteiger partial charge < -0.3 is 9.84 Å². The number of rotatable bonds is 3. The first-order valence-electron chi connectivity index (χ1n) is 5.98. The van der Waals surface area contributed by atoms with Gasteiger partial charge in [0.15, 0.2) is 6.10 Å². The molecule has 0 aliphatic rings. The monoisotopic (exact) mass is 264 g/mol. The van der Waals surface area contributed by atoms with E-state index >= 15 is 0 Å². The van der Waals surface area contributed by atoms with Crippen LogP contribution in [0, 0.1) is 0 Å². The van der Waals surface area contributed by atoms with E-state index in [4.69, 9.17) is 4.74 Å². The molecule has 2 aromatic rings. The van der Waals surface area contributed by atoms with Gasteiger partial charge in [0, 0.05) is 19.7 Å². The second-order valence-corrected chi connectivity index (χ2v) is 4.27. The SMILES string of the molecule is CCOC(=O)C(O)c1cccc2c1n(C)c(=O)n2C. The highest BCUT2D eigenvalue weighted by Crippen LogP contribution is 2.24. The van der Waals surface area contributed by atoms with Crippen molar-refractivity contribution in [3.63, 3.8) is 0 Å². The molecule has 1 heterocycles. The van der Waals surface area contributed by atoms with E-state index in [2.05, 4.69) is 0 Å². The van der Waals surface area contributed by atoms with E-state index in [0.29, 0.717) is 16.6 Å². The molecule has 2 rings (SSSR count). The van der Waals surface area contributed by atoms with E-state index in [1.54, 1.807) is 39.2 Å². The van der Waals surface area contributed by atoms with Crippen molar-refractivity contribution in [1.29, 1.82) is 0 Å². The molecule has 1 aromatic carbocycles. The molecule has 19 heavy (non-hydrogen) atoms. The molecular formula is C13H16N2O4. The number of hydrogen-bond donors (Lipinski definition) is 1. The number of aliphatic hydroxyl groups is 1. The van der Waals surface area contributed by atoms with Gasteiger partial charge in [-0.25, -0.2) is 9.59 Å². The van der Waals surface area contributed by atoms with Gasteiger partial charge in [-0.2, -0.15) is 0 Å². The summed E-state index contributed by atoms with van der Waals surface area (Å²) in [7, 11) is 3.25. The highest BCUT2D eigenvalue weighted by Gasteiger charge is 2.23. The lowest BCUT2D eigenvalue weighted by molar-refractivity contribution is -0.153. The lowest BCUT2D eigenvalue weighted by Crippen LogP contribution is -2.20. The van der Waals surface area contributed by atoms with Gasteiger partial charge >= 0.3 is 11.7 Å². The summed E-state index contributed by atoms with van der Waals surface area (Å²) in [4.78, 5) is 23.5. The van der Waals surface area contributed by atoms with Gasteiger partial charge in [0.25, 0.3) is 0 Å². The van der Waals surface area contributed by atoms with Crippen LogP contribution in [0.4, 0.5) is 0 Å². The Morgan fingerprint density at radius 3 is 2.68 bits per heavy atom. The zero-order valence-corrected chi connectivity index (χ0v) is 11.1. The second-order valence-electron chi connectivity index (χ2n) is 4.27. The molecule has 0 saturated heterocycles. The van der Waals surface area contributed by atoms with Crippen LogP contribution in [0.1, 0.15) is 18.6 Å². The summed E-state index contributed by atoms with van der Waals surface area (Å²) in [6, 6.07) is 5.07. The highest BCUT2D eigenvalue weighted by atomic mass is 16.5. The smallest absolute Gasteiger partial charge is 0.339 e. The number of carbonyl (C=O) groups excluding carboxylic acids is 1. The maximum Gasteiger partial charge on any atom is 0.339 e. The topological polar surface area (TPSA) is 73.5 Å². The fraction of sp³-hybridized carbons (Fsp3) is 0.385. The maximum absolute atomic E-state index is 11.9. The third kappa shape index (κ3) is 2.04. The van der Waals surface area contributed by atoms with Gasteiger partial charge in [0.2, 0.25) is 0 Å². The van der Waals surface area contributed by atoms with Crippen LogP contribution in [0.3, 0.4) is 0 Å². The number of aromatic nitrogens is 2. The van der Waals surface area contributed by atoms with Crippen molar-refractivity contribution in [3.05, 3.63) is 34.2 Å². The van der Waals surface area contributed by atoms with E-state index in [-0.39, 0.29) is 12.3 Å². The summed E-state index contributed by atoms with van der Waals surface area (Å²) in [5.74, 6) is -0.716. The zero-order valence-electron chi connectivity index (χ0n) is 11.1. The number of nitrogens with zero attached hydrogens (tertiary/aromatic N) is 2. The van der Waals surface area contributed by atoms with Crippen molar-refractivity contribution in [2.45, 2.75) is 13.0 Å². The fourth-order valence-electron chi connectivity index (χ4n) is 2.18. The van der Waals surface area contributed by atoms with Crippen molar-refractivity contribution in [1.82, 2.24) is 9.13 Å². The van der Waals surface area contributed by atoms with E-state index in [1.165, 1.54) is 9.13 Å². The molecule has 0 aliphatic heterocycles. The number of carbonyl (C=O) groups is 1. The molecule has 1 atom stereocenters. The predicted molar refractivity (Wildman–Crippen MR) is 69.8 cm³/mol. The third-order valence-corrected chi connectivity index (χ3v) is 3.12. The summed E-state index contributed by atoms with van der Waals surface area (Å²) in [6.45, 7) is 1.86. The average molecular weight is 264 g/mol. The molecule has 0 bridgehead atoms. The summed E-state index contributed by atoms with van der Waals surface area (Å²) >= 11 is 0. The Morgan fingerprint density at radius 2 is 2.05 bits per heavy atom. The van der Waals surface area contributed by atoms with Gasteiger partial charge in [0.05, 0.1) is 17.6 Å². The molecule has 6 nitrogen and oxygen atoms in total. The lowest BCUT2D eigenvalue weighted by atomic mass is 10.1. The lowest BCUT2D eigenvalue weighted by Gasteiger charge is -2.11. The molecular weight excluding hydrogens is 248 g/mol. The van der Waals surface area contributed by atoms with E-state index in [9.17, 15) is 14.7 Å². The summed E-state index contributed by atoms with van der Waals surface area (Å²) < 4.78 is 7.68. The van der Waals surface area contributed by atoms with Crippen molar-refractivity contribution in [2.75, 3.05) is 6.61 Å². The van der Waals surface area contributed by atoms with E-state index in [0.717, 1.165) is 0 Å². The Labute approximate surface area is 109 Å². The quantitative estimate of drug-likeness (QED) is 0.818. The molecule has 102 valence electrons. The van der Waals surface area contributed by atoms with Crippen LogP contribution in [0.2, 0.25) is 0 Å². The summed E-state index contributed by atoms with van der Waals surface area (Å²) in [5, 5.41) is 10.0. The molecule has 0 saturated carbocycles. The number of ether oxygens (including phenoxy) is 1. The van der Waals surface area contributed by atoms with Crippen LogP contribution >= 0.6 is 0 Å². The normalized spacial score (nSPS) is 12.6. The number of hydrogen-bond acceptors (Lipinski definition) is 4. The molecule has 1 unspecified atom stereocenters. The minimum atomic E-state index is -1.39. The standard InChI is InChI=1S/C13H16N2O4/c1-4-19-12(17)11(16)8-6-5-7-9-10(8)15(3)13(18)14(9)2/h5-7,11,16H,4H2,1-3H3. The highest BCUT2D eigenvalue weighted by molar-refractivity contribution is 5.86. The Hall–Kier alpha value is -2.08. The zero-order chi connectivity index (χ0) is 14.2. The average Bonchev–Trinajstić information content (AvgIpc) is 2.63. The number of para-hydroxylation sites is 1. The Kier molecular flexibility index (Phi) is 3.44. The Bertz CT molecular complexity index is 684. The number of fused-ring (bicyclic) bond motifs is 1. The van der Waals surface area contributed by atoms with Gasteiger partial charge in [-0.15, -0.1) is 0 Å². The van der Waals surface area contributed by atoms with Gasteiger partial charge in [-0.1, -0.05) is 12.1 Å². The minimum absolute atomic E-state index is 0.194. The first kappa shape index (κ1) is 13.4. The molecule has 0 radical (unpaired) electrons. The molecule has 1 aromatic heterocycles. The van der Waals surface area contributed by atoms with Crippen LogP contribution < -0.4 is 5.69 Å². The van der Waals surface area contributed by atoms with Crippen LogP contribution in [-0.2, 0) is 23.6 Å². The van der Waals surface area contributed by atoms with Gasteiger partial charge in [-0.3, -0.25) is 9.13 Å². The van der Waals surface area contributed by atoms with Gasteiger partial charge in [-0.05, 0) is 13.0 Å². The number of aliphatic hydroxyl groups excluding tert-OH is 1. The van der Waals surface area contributed by atoms with Gasteiger partial charge in [0.1, 0.15) is 0 Å². The Morgan fingerprint density at radius 1 is 1.37 bits per heavy atom. The molecule has 6 heteroatoms.